The second kappa shape index (κ2) is 1.98. The third kappa shape index (κ3) is 1.45. The van der Waals surface area contributed by atoms with Crippen molar-refractivity contribution in [3.8, 4) is 0 Å². The number of hydrogen-bond acceptors (Lipinski definition) is 1. The largest absolute Gasteiger partial charge is 0.298 e. The number of hydrogen-bond donors (Lipinski definition) is 0. The van der Waals surface area contributed by atoms with Gasteiger partial charge >= 0.3 is 0 Å². The van der Waals surface area contributed by atoms with Crippen LogP contribution in [0.25, 0.3) is 0 Å². The molecule has 1 aliphatic rings. The minimum Gasteiger partial charge on any atom is -0.298 e. The fraction of sp³-hybridized carbons (Fsp3) is 0.857. The lowest BCUT2D eigenvalue weighted by molar-refractivity contribution is -0.117. The van der Waals surface area contributed by atoms with Gasteiger partial charge in [-0.05, 0) is 11.8 Å². The number of ketones is 1. The van der Waals surface area contributed by atoms with Crippen molar-refractivity contribution >= 4 is 17.4 Å². The molecule has 0 N–H and O–H groups in total. The monoisotopic (exact) mass is 146 g/mol. The zero-order valence-corrected chi connectivity index (χ0v) is 6.53. The molecule has 0 amide bonds. The summed E-state index contributed by atoms with van der Waals surface area (Å²) < 4.78 is 0. The summed E-state index contributed by atoms with van der Waals surface area (Å²) in [5.41, 5.74) is 0.156. The Labute approximate surface area is 60.4 Å². The lowest BCUT2D eigenvalue weighted by Gasteiger charge is -2.13. The van der Waals surface area contributed by atoms with Crippen molar-refractivity contribution in [1.29, 1.82) is 0 Å². The zero-order valence-electron chi connectivity index (χ0n) is 5.78. The van der Waals surface area contributed by atoms with Crippen molar-refractivity contribution in [3.05, 3.63) is 0 Å². The number of halogens is 1. The van der Waals surface area contributed by atoms with Crippen molar-refractivity contribution in [2.24, 2.45) is 5.41 Å². The summed E-state index contributed by atoms with van der Waals surface area (Å²) in [6.07, 6.45) is 1.49. The highest BCUT2D eigenvalue weighted by atomic mass is 35.5. The van der Waals surface area contributed by atoms with Gasteiger partial charge < -0.3 is 0 Å². The Morgan fingerprint density at radius 1 is 1.67 bits per heavy atom. The lowest BCUT2D eigenvalue weighted by Crippen LogP contribution is -2.04. The zero-order chi connectivity index (χ0) is 7.07. The van der Waals surface area contributed by atoms with E-state index in [4.69, 9.17) is 11.6 Å². The van der Waals surface area contributed by atoms with Crippen LogP contribution < -0.4 is 0 Å². The molecule has 1 aliphatic carbocycles. The number of rotatable bonds is 0. The summed E-state index contributed by atoms with van der Waals surface area (Å²) in [4.78, 5) is 10.9. The first-order valence-electron chi connectivity index (χ1n) is 3.18. The molecule has 1 nitrogen and oxygen atoms in total. The van der Waals surface area contributed by atoms with Crippen LogP contribution in [0.3, 0.4) is 0 Å². The predicted molar refractivity (Wildman–Crippen MR) is 37.7 cm³/mol. The molecule has 1 atom stereocenters. The van der Waals surface area contributed by atoms with E-state index >= 15 is 0 Å². The molecule has 2 heteroatoms. The van der Waals surface area contributed by atoms with Crippen LogP contribution in [-0.2, 0) is 4.79 Å². The Kier molecular flexibility index (Phi) is 1.55. The summed E-state index contributed by atoms with van der Waals surface area (Å²) in [6.45, 7) is 4.15. The van der Waals surface area contributed by atoms with Crippen LogP contribution in [0.5, 0.6) is 0 Å². The second-order valence-electron chi connectivity index (χ2n) is 3.48. The summed E-state index contributed by atoms with van der Waals surface area (Å²) >= 11 is 5.70. The van der Waals surface area contributed by atoms with E-state index in [-0.39, 0.29) is 16.6 Å². The van der Waals surface area contributed by atoms with Gasteiger partial charge in [0.25, 0.3) is 0 Å². The van der Waals surface area contributed by atoms with Gasteiger partial charge in [-0.25, -0.2) is 0 Å². The fourth-order valence-electron chi connectivity index (χ4n) is 1.25. The van der Waals surface area contributed by atoms with Gasteiger partial charge in [0.1, 0.15) is 0 Å². The molecular weight excluding hydrogens is 136 g/mol. The third-order valence-corrected chi connectivity index (χ3v) is 2.13. The van der Waals surface area contributed by atoms with E-state index in [2.05, 4.69) is 13.8 Å². The van der Waals surface area contributed by atoms with Crippen molar-refractivity contribution < 1.29 is 4.79 Å². The van der Waals surface area contributed by atoms with Crippen LogP contribution in [0.2, 0.25) is 0 Å². The van der Waals surface area contributed by atoms with Crippen LogP contribution in [0.1, 0.15) is 26.7 Å². The molecule has 0 aromatic carbocycles. The van der Waals surface area contributed by atoms with Gasteiger partial charge in [0.2, 0.25) is 0 Å². The first-order valence-corrected chi connectivity index (χ1v) is 3.62. The molecular formula is C7H11ClO. The molecule has 9 heavy (non-hydrogen) atoms. The Balaban J connectivity index is 2.65. The predicted octanol–water partition coefficient (Wildman–Crippen LogP) is 1.98. The summed E-state index contributed by atoms with van der Waals surface area (Å²) in [6, 6.07) is 0. The van der Waals surface area contributed by atoms with Gasteiger partial charge in [0.05, 0.1) is 5.38 Å². The topological polar surface area (TPSA) is 17.1 Å². The normalized spacial score (nSPS) is 33.2. The van der Waals surface area contributed by atoms with E-state index in [1.807, 2.05) is 0 Å². The van der Waals surface area contributed by atoms with Gasteiger partial charge in [-0.3, -0.25) is 4.79 Å². The Morgan fingerprint density at radius 3 is 2.33 bits per heavy atom. The maximum absolute atomic E-state index is 10.9. The Bertz CT molecular complexity index is 140. The Morgan fingerprint density at radius 2 is 2.22 bits per heavy atom. The maximum atomic E-state index is 10.9. The molecule has 52 valence electrons. The van der Waals surface area contributed by atoms with Gasteiger partial charge in [-0.2, -0.15) is 0 Å². The SMILES string of the molecule is CC1(C)CC(=O)C(Cl)C1. The van der Waals surface area contributed by atoms with Crippen LogP contribution >= 0.6 is 11.6 Å². The molecule has 0 radical (unpaired) electrons. The minimum absolute atomic E-state index is 0.156. The quantitative estimate of drug-likeness (QED) is 0.478. The molecule has 0 heterocycles. The highest BCUT2D eigenvalue weighted by Gasteiger charge is 2.36. The van der Waals surface area contributed by atoms with Gasteiger partial charge in [0.15, 0.2) is 5.78 Å². The summed E-state index contributed by atoms with van der Waals surface area (Å²) in [5.74, 6) is 0.210. The van der Waals surface area contributed by atoms with E-state index in [9.17, 15) is 4.79 Å². The first-order chi connectivity index (χ1) is 4.01. The highest BCUT2D eigenvalue weighted by molar-refractivity contribution is 6.31. The summed E-state index contributed by atoms with van der Waals surface area (Å²) in [5, 5.41) is -0.208. The van der Waals surface area contributed by atoms with E-state index in [0.717, 1.165) is 6.42 Å². The molecule has 0 aromatic heterocycles. The van der Waals surface area contributed by atoms with Gasteiger partial charge in [-0.1, -0.05) is 13.8 Å². The number of carbonyl (C=O) groups excluding carboxylic acids is 1. The molecule has 0 bridgehead atoms. The van der Waals surface area contributed by atoms with E-state index in [0.29, 0.717) is 6.42 Å². The van der Waals surface area contributed by atoms with Gasteiger partial charge in [0, 0.05) is 6.42 Å². The average molecular weight is 147 g/mol. The maximum Gasteiger partial charge on any atom is 0.151 e. The molecule has 0 saturated heterocycles. The van der Waals surface area contributed by atoms with E-state index in [1.165, 1.54) is 0 Å². The molecule has 1 fully saturated rings. The molecule has 1 unspecified atom stereocenters. The fourth-order valence-corrected chi connectivity index (χ4v) is 1.75. The van der Waals surface area contributed by atoms with E-state index in [1.54, 1.807) is 0 Å². The van der Waals surface area contributed by atoms with Crippen LogP contribution in [-0.4, -0.2) is 11.2 Å². The molecule has 1 saturated carbocycles. The average Bonchev–Trinajstić information content (AvgIpc) is 1.79. The molecule has 0 aliphatic heterocycles. The van der Waals surface area contributed by atoms with E-state index < -0.39 is 0 Å². The smallest absolute Gasteiger partial charge is 0.151 e. The molecule has 0 spiro atoms. The third-order valence-electron chi connectivity index (χ3n) is 1.73. The van der Waals surface area contributed by atoms with Crippen molar-refractivity contribution in [3.63, 3.8) is 0 Å². The van der Waals surface area contributed by atoms with Crippen LogP contribution in [0.4, 0.5) is 0 Å². The van der Waals surface area contributed by atoms with Crippen LogP contribution in [0.15, 0.2) is 0 Å². The van der Waals surface area contributed by atoms with Gasteiger partial charge in [-0.15, -0.1) is 11.6 Å². The number of alkyl halides is 1. The second-order valence-corrected chi connectivity index (χ2v) is 4.01. The van der Waals surface area contributed by atoms with Crippen molar-refractivity contribution in [1.82, 2.24) is 0 Å². The minimum atomic E-state index is -0.208. The molecule has 1 rings (SSSR count). The Hall–Kier alpha value is -0.0400. The van der Waals surface area contributed by atoms with Crippen molar-refractivity contribution in [2.45, 2.75) is 32.1 Å². The van der Waals surface area contributed by atoms with Crippen LogP contribution in [0, 0.1) is 5.41 Å². The molecule has 0 aromatic rings. The lowest BCUT2D eigenvalue weighted by atomic mass is 9.92. The summed E-state index contributed by atoms with van der Waals surface area (Å²) in [7, 11) is 0. The number of carbonyl (C=O) groups is 1. The first kappa shape index (κ1) is 7.07. The number of Topliss-reactive ketones (excluding diaryl/α,β-unsaturated/α-hetero) is 1. The van der Waals surface area contributed by atoms with Crippen molar-refractivity contribution in [2.75, 3.05) is 0 Å². The highest BCUT2D eigenvalue weighted by Crippen LogP contribution is 2.37. The standard InChI is InChI=1S/C7H11ClO/c1-7(2)3-5(8)6(9)4-7/h5H,3-4H2,1-2H3.